The fourth-order valence-electron chi connectivity index (χ4n) is 5.88. The van der Waals surface area contributed by atoms with Crippen LogP contribution in [0.4, 0.5) is 0 Å². The van der Waals surface area contributed by atoms with E-state index in [1.54, 1.807) is 22.7 Å². The Morgan fingerprint density at radius 2 is 0.885 bits per heavy atom. The number of hydrogen-bond acceptors (Lipinski definition) is 8. The molecule has 5 rings (SSSR count). The molecule has 3 aromatic rings. The molecule has 0 spiro atoms. The van der Waals surface area contributed by atoms with Crippen molar-refractivity contribution in [2.75, 3.05) is 26.4 Å². The molecule has 2 saturated heterocycles. The highest BCUT2D eigenvalue weighted by Gasteiger charge is 2.53. The third-order valence-corrected chi connectivity index (χ3v) is 13.1. The van der Waals surface area contributed by atoms with E-state index in [-0.39, 0.29) is 36.6 Å². The zero-order chi connectivity index (χ0) is 37.6. The quantitative estimate of drug-likeness (QED) is 0.0956. The number of rotatable bonds is 18. The second-order valence-electron chi connectivity index (χ2n) is 16.0. The molecule has 2 aliphatic heterocycles. The van der Waals surface area contributed by atoms with Crippen LogP contribution in [0.25, 0.3) is 24.3 Å². The van der Waals surface area contributed by atoms with Crippen LogP contribution in [-0.4, -0.2) is 63.1 Å². The number of ether oxygens (including phenoxy) is 2. The predicted octanol–water partition coefficient (Wildman–Crippen LogP) is 9.47. The third kappa shape index (κ3) is 10.2. The third-order valence-electron chi connectivity index (χ3n) is 10.8. The summed E-state index contributed by atoms with van der Waals surface area (Å²) in [5.41, 5.74) is 3.34. The van der Waals surface area contributed by atoms with Crippen LogP contribution in [0, 0.1) is 0 Å². The van der Waals surface area contributed by atoms with Gasteiger partial charge in [0.25, 0.3) is 0 Å². The molecule has 0 bridgehead atoms. The van der Waals surface area contributed by atoms with Crippen LogP contribution in [0.5, 0.6) is 0 Å². The van der Waals surface area contributed by atoms with Crippen molar-refractivity contribution < 1.29 is 28.1 Å². The first-order valence-electron chi connectivity index (χ1n) is 19.2. The van der Waals surface area contributed by atoms with Crippen molar-refractivity contribution in [3.8, 4) is 0 Å². The molecule has 10 heteroatoms. The molecule has 0 atom stereocenters. The van der Waals surface area contributed by atoms with E-state index in [0.29, 0.717) is 13.2 Å². The molecule has 0 aliphatic carbocycles. The zero-order valence-electron chi connectivity index (χ0n) is 33.3. The molecular formula is C42H60B2O6S2. The lowest BCUT2D eigenvalue weighted by molar-refractivity contribution is 0.00578. The van der Waals surface area contributed by atoms with Gasteiger partial charge in [-0.2, -0.15) is 0 Å². The second kappa shape index (κ2) is 17.6. The first-order chi connectivity index (χ1) is 24.6. The van der Waals surface area contributed by atoms with Crippen LogP contribution >= 0.6 is 22.7 Å². The molecule has 2 aromatic heterocycles. The number of benzene rings is 1. The predicted molar refractivity (Wildman–Crippen MR) is 223 cm³/mol. The molecule has 1 aromatic carbocycles. The summed E-state index contributed by atoms with van der Waals surface area (Å²) in [5.74, 6) is 0. The smallest absolute Gasteiger partial charge is 0.399 e. The molecule has 2 aliphatic rings. The van der Waals surface area contributed by atoms with E-state index in [1.807, 2.05) is 0 Å². The first kappa shape index (κ1) is 41.2. The molecule has 282 valence electrons. The highest BCUT2D eigenvalue weighted by atomic mass is 32.1. The van der Waals surface area contributed by atoms with E-state index in [2.05, 4.69) is 130 Å². The van der Waals surface area contributed by atoms with Crippen LogP contribution in [0.15, 0.2) is 36.4 Å². The Morgan fingerprint density at radius 3 is 1.21 bits per heavy atom. The summed E-state index contributed by atoms with van der Waals surface area (Å²) in [6, 6.07) is 13.2. The van der Waals surface area contributed by atoms with E-state index in [9.17, 15) is 0 Å². The lowest BCUT2D eigenvalue weighted by Gasteiger charge is -2.32. The van der Waals surface area contributed by atoms with Gasteiger partial charge in [0, 0.05) is 32.5 Å². The lowest BCUT2D eigenvalue weighted by Crippen LogP contribution is -2.41. The van der Waals surface area contributed by atoms with Gasteiger partial charge in [0.05, 0.1) is 35.6 Å². The highest BCUT2D eigenvalue weighted by molar-refractivity contribution is 7.23. The summed E-state index contributed by atoms with van der Waals surface area (Å²) < 4.78 is 39.7. The Balaban J connectivity index is 1.29. The molecule has 52 heavy (non-hydrogen) atoms. The maximum Gasteiger partial charge on any atom is 0.505 e. The Labute approximate surface area is 322 Å². The lowest BCUT2D eigenvalue weighted by atomic mass is 9.87. The summed E-state index contributed by atoms with van der Waals surface area (Å²) in [7, 11) is -0.734. The average molecular weight is 747 g/mol. The van der Waals surface area contributed by atoms with E-state index < -0.39 is 0 Å². The fraction of sp³-hybridized carbons (Fsp3) is 0.571. The van der Waals surface area contributed by atoms with Gasteiger partial charge in [0.15, 0.2) is 0 Å². The number of hydrogen-bond donors (Lipinski definition) is 0. The van der Waals surface area contributed by atoms with Gasteiger partial charge >= 0.3 is 14.2 Å². The van der Waals surface area contributed by atoms with E-state index >= 15 is 0 Å². The largest absolute Gasteiger partial charge is 0.505 e. The van der Waals surface area contributed by atoms with Gasteiger partial charge in [-0.3, -0.25) is 0 Å². The van der Waals surface area contributed by atoms with Gasteiger partial charge in [-0.05, 0) is 128 Å². The monoisotopic (exact) mass is 746 g/mol. The minimum Gasteiger partial charge on any atom is -0.399 e. The number of thiophene rings is 2. The average Bonchev–Trinajstić information content (AvgIpc) is 3.80. The van der Waals surface area contributed by atoms with Crippen LogP contribution in [0.3, 0.4) is 0 Å². The van der Waals surface area contributed by atoms with Crippen molar-refractivity contribution >= 4 is 70.8 Å². The standard InChI is InChI=1S/C42H60B2O6S2/c1-11-13-25-45-27-23-33-29-37(43-47-39(3,4)40(5,6)48-43)51-35(33)21-19-31-15-17-32(18-16-31)20-22-36-34(24-28-46-26-14-12-2)30-38(52-36)44-49-41(7,8)42(9,10)50-44/h15-22,29-30H,11-14,23-28H2,1-10H3/b21-19+,22-20+. The fourth-order valence-corrected chi connectivity index (χ4v) is 8.03. The minimum absolute atomic E-state index is 0.367. The summed E-state index contributed by atoms with van der Waals surface area (Å²) in [5, 5.41) is 0. The van der Waals surface area contributed by atoms with Gasteiger partial charge in [-0.15, -0.1) is 22.7 Å². The summed E-state index contributed by atoms with van der Waals surface area (Å²) >= 11 is 3.49. The minimum atomic E-state index is -0.375. The molecule has 2 fully saturated rings. The van der Waals surface area contributed by atoms with E-state index in [1.165, 1.54) is 20.9 Å². The summed E-state index contributed by atoms with van der Waals surface area (Å²) in [4.78, 5) is 2.43. The van der Waals surface area contributed by atoms with Gasteiger partial charge in [0.1, 0.15) is 0 Å². The topological polar surface area (TPSA) is 55.4 Å². The van der Waals surface area contributed by atoms with Gasteiger partial charge < -0.3 is 28.1 Å². The zero-order valence-corrected chi connectivity index (χ0v) is 34.9. The van der Waals surface area contributed by atoms with Crippen LogP contribution in [-0.2, 0) is 40.9 Å². The Morgan fingerprint density at radius 1 is 0.538 bits per heavy atom. The van der Waals surface area contributed by atoms with Crippen molar-refractivity contribution in [2.45, 2.75) is 130 Å². The van der Waals surface area contributed by atoms with Crippen LogP contribution in [0.1, 0.15) is 127 Å². The molecule has 0 N–H and O–H groups in total. The maximum atomic E-state index is 6.40. The summed E-state index contributed by atoms with van der Waals surface area (Å²) in [6.45, 7) is 24.2. The van der Waals surface area contributed by atoms with Crippen LogP contribution < -0.4 is 9.55 Å². The van der Waals surface area contributed by atoms with Crippen molar-refractivity contribution in [2.24, 2.45) is 0 Å². The van der Waals surface area contributed by atoms with Gasteiger partial charge in [-0.25, -0.2) is 0 Å². The molecule has 6 nitrogen and oxygen atoms in total. The van der Waals surface area contributed by atoms with Gasteiger partial charge in [0.2, 0.25) is 0 Å². The molecule has 0 saturated carbocycles. The second-order valence-corrected chi connectivity index (χ2v) is 18.2. The first-order valence-corrected chi connectivity index (χ1v) is 20.9. The van der Waals surface area contributed by atoms with Gasteiger partial charge in [-0.1, -0.05) is 63.1 Å². The molecule has 0 radical (unpaired) electrons. The number of unbranched alkanes of at least 4 members (excludes halogenated alkanes) is 2. The summed E-state index contributed by atoms with van der Waals surface area (Å²) in [6.07, 6.45) is 15.0. The molecule has 0 amide bonds. The molecule has 0 unspecified atom stereocenters. The Bertz CT molecular complexity index is 1500. The Kier molecular flexibility index (Phi) is 14.0. The van der Waals surface area contributed by atoms with Crippen molar-refractivity contribution in [3.63, 3.8) is 0 Å². The highest BCUT2D eigenvalue weighted by Crippen LogP contribution is 2.39. The van der Waals surface area contributed by atoms with Crippen molar-refractivity contribution in [1.29, 1.82) is 0 Å². The van der Waals surface area contributed by atoms with Crippen molar-refractivity contribution in [1.82, 2.24) is 0 Å². The van der Waals surface area contributed by atoms with E-state index in [0.717, 1.165) is 72.4 Å². The normalized spacial score (nSPS) is 19.2. The molecule has 4 heterocycles. The maximum absolute atomic E-state index is 6.40. The SMILES string of the molecule is CCCCOCCc1cc(B2OC(C)(C)C(C)(C)O2)sc1/C=C/c1ccc(/C=C/c2sc(B3OC(C)(C)C(C)(C)O3)cc2CCOCCCC)cc1. The molecular weight excluding hydrogens is 686 g/mol. The Hall–Kier alpha value is -2.01. The van der Waals surface area contributed by atoms with Crippen LogP contribution in [0.2, 0.25) is 0 Å². The van der Waals surface area contributed by atoms with E-state index in [4.69, 9.17) is 28.1 Å². The van der Waals surface area contributed by atoms with Crippen molar-refractivity contribution in [3.05, 3.63) is 68.4 Å².